The summed E-state index contributed by atoms with van der Waals surface area (Å²) in [6, 6.07) is 10.7. The van der Waals surface area contributed by atoms with Gasteiger partial charge in [0, 0.05) is 5.25 Å². The molecular weight excluding hydrogens is 272 g/mol. The highest BCUT2D eigenvalue weighted by atomic mass is 32.2. The Kier molecular flexibility index (Phi) is 3.76. The van der Waals surface area contributed by atoms with Crippen LogP contribution in [0.15, 0.2) is 28.6 Å². The van der Waals surface area contributed by atoms with Gasteiger partial charge in [0.2, 0.25) is 0 Å². The Morgan fingerprint density at radius 1 is 1.37 bits per heavy atom. The number of thioether (sulfide) groups is 1. The number of aromatic nitrogens is 1. The van der Waals surface area contributed by atoms with Crippen molar-refractivity contribution >= 4 is 33.3 Å². The summed E-state index contributed by atoms with van der Waals surface area (Å²) in [5.74, 6) is 0.921. The van der Waals surface area contributed by atoms with E-state index in [0.717, 1.165) is 28.6 Å². The number of rotatable bonds is 2. The lowest BCUT2D eigenvalue weighted by atomic mass is 9.83. The summed E-state index contributed by atoms with van der Waals surface area (Å²) >= 11 is 3.56. The fourth-order valence-corrected chi connectivity index (χ4v) is 5.36. The van der Waals surface area contributed by atoms with E-state index in [-0.39, 0.29) is 5.92 Å². The molecule has 98 valence electrons. The number of para-hydroxylation sites is 1. The van der Waals surface area contributed by atoms with E-state index in [9.17, 15) is 5.26 Å². The zero-order valence-corrected chi connectivity index (χ0v) is 12.5. The molecular formula is C15H16N2S2. The van der Waals surface area contributed by atoms with E-state index < -0.39 is 0 Å². The van der Waals surface area contributed by atoms with Crippen molar-refractivity contribution in [2.45, 2.75) is 35.8 Å². The molecule has 0 amide bonds. The molecule has 19 heavy (non-hydrogen) atoms. The second kappa shape index (κ2) is 5.52. The number of hydrogen-bond donors (Lipinski definition) is 0. The van der Waals surface area contributed by atoms with Crippen LogP contribution in [-0.2, 0) is 0 Å². The van der Waals surface area contributed by atoms with Crippen LogP contribution < -0.4 is 0 Å². The van der Waals surface area contributed by atoms with Crippen LogP contribution in [0.3, 0.4) is 0 Å². The lowest BCUT2D eigenvalue weighted by Crippen LogP contribution is -2.24. The smallest absolute Gasteiger partial charge is 0.151 e. The first-order valence-corrected chi connectivity index (χ1v) is 8.37. The van der Waals surface area contributed by atoms with Crippen LogP contribution in [0, 0.1) is 23.2 Å². The summed E-state index contributed by atoms with van der Waals surface area (Å²) in [6.07, 6.45) is 3.37. The minimum Gasteiger partial charge on any atom is -0.230 e. The van der Waals surface area contributed by atoms with Crippen LogP contribution in [0.1, 0.15) is 26.2 Å². The molecule has 0 bridgehead atoms. The summed E-state index contributed by atoms with van der Waals surface area (Å²) < 4.78 is 2.35. The molecule has 1 fully saturated rings. The molecule has 1 saturated carbocycles. The molecule has 1 aliphatic carbocycles. The van der Waals surface area contributed by atoms with Crippen molar-refractivity contribution < 1.29 is 0 Å². The Morgan fingerprint density at radius 3 is 3.00 bits per heavy atom. The van der Waals surface area contributed by atoms with E-state index >= 15 is 0 Å². The van der Waals surface area contributed by atoms with Gasteiger partial charge in [0.15, 0.2) is 4.34 Å². The van der Waals surface area contributed by atoms with Gasteiger partial charge in [-0.2, -0.15) is 5.26 Å². The van der Waals surface area contributed by atoms with Crippen molar-refractivity contribution in [3.63, 3.8) is 0 Å². The fourth-order valence-electron chi connectivity index (χ4n) is 2.64. The van der Waals surface area contributed by atoms with Gasteiger partial charge in [-0.15, -0.1) is 11.3 Å². The normalized spacial score (nSPS) is 27.3. The molecule has 1 aromatic heterocycles. The predicted molar refractivity (Wildman–Crippen MR) is 81.4 cm³/mol. The zero-order valence-electron chi connectivity index (χ0n) is 10.9. The third kappa shape index (κ3) is 2.77. The van der Waals surface area contributed by atoms with Gasteiger partial charge in [0.05, 0.1) is 22.2 Å². The van der Waals surface area contributed by atoms with Gasteiger partial charge in [-0.05, 0) is 37.3 Å². The van der Waals surface area contributed by atoms with Crippen molar-refractivity contribution in [1.82, 2.24) is 4.98 Å². The van der Waals surface area contributed by atoms with Gasteiger partial charge in [0.1, 0.15) is 0 Å². The summed E-state index contributed by atoms with van der Waals surface area (Å²) in [4.78, 5) is 4.67. The van der Waals surface area contributed by atoms with Crippen LogP contribution in [0.2, 0.25) is 0 Å². The monoisotopic (exact) mass is 288 g/mol. The topological polar surface area (TPSA) is 36.7 Å². The van der Waals surface area contributed by atoms with Crippen LogP contribution >= 0.6 is 23.1 Å². The standard InChI is InChI=1S/C15H16N2S2/c1-10-6-7-11(9-16)14(8-10)19-15-17-12-4-2-3-5-13(12)18-15/h2-5,10-11,14H,6-8H2,1H3. The number of fused-ring (bicyclic) bond motifs is 1. The fraction of sp³-hybridized carbons (Fsp3) is 0.467. The number of nitriles is 1. The number of thiazole rings is 1. The van der Waals surface area contributed by atoms with E-state index in [2.05, 4.69) is 36.2 Å². The van der Waals surface area contributed by atoms with E-state index in [0.29, 0.717) is 5.25 Å². The van der Waals surface area contributed by atoms with Crippen molar-refractivity contribution in [2.24, 2.45) is 11.8 Å². The minimum absolute atomic E-state index is 0.188. The first-order valence-electron chi connectivity index (χ1n) is 6.68. The van der Waals surface area contributed by atoms with Crippen LogP contribution in [0.5, 0.6) is 0 Å². The van der Waals surface area contributed by atoms with Crippen molar-refractivity contribution in [1.29, 1.82) is 5.26 Å². The number of nitrogens with zero attached hydrogens (tertiary/aromatic N) is 2. The zero-order chi connectivity index (χ0) is 13.2. The van der Waals surface area contributed by atoms with E-state index in [1.165, 1.54) is 11.1 Å². The van der Waals surface area contributed by atoms with E-state index in [4.69, 9.17) is 0 Å². The van der Waals surface area contributed by atoms with Gasteiger partial charge in [-0.1, -0.05) is 30.8 Å². The van der Waals surface area contributed by atoms with E-state index in [1.807, 2.05) is 17.8 Å². The van der Waals surface area contributed by atoms with Gasteiger partial charge in [-0.25, -0.2) is 4.98 Å². The van der Waals surface area contributed by atoms with E-state index in [1.54, 1.807) is 11.3 Å². The Morgan fingerprint density at radius 2 is 2.21 bits per heavy atom. The maximum atomic E-state index is 9.29. The first-order chi connectivity index (χ1) is 9.26. The Balaban J connectivity index is 1.81. The van der Waals surface area contributed by atoms with Crippen molar-refractivity contribution in [3.8, 4) is 6.07 Å². The molecule has 0 aliphatic heterocycles. The van der Waals surface area contributed by atoms with Crippen molar-refractivity contribution in [2.75, 3.05) is 0 Å². The lowest BCUT2D eigenvalue weighted by Gasteiger charge is -2.29. The van der Waals surface area contributed by atoms with Gasteiger partial charge < -0.3 is 0 Å². The summed E-state index contributed by atoms with van der Waals surface area (Å²) in [5, 5.41) is 9.70. The molecule has 2 aromatic rings. The molecule has 0 radical (unpaired) electrons. The average molecular weight is 288 g/mol. The average Bonchev–Trinajstić information content (AvgIpc) is 2.81. The Bertz CT molecular complexity index is 581. The summed E-state index contributed by atoms with van der Waals surface area (Å²) in [5.41, 5.74) is 1.08. The molecule has 3 atom stereocenters. The van der Waals surface area contributed by atoms with Crippen LogP contribution in [0.25, 0.3) is 10.2 Å². The maximum Gasteiger partial charge on any atom is 0.151 e. The highest BCUT2D eigenvalue weighted by molar-refractivity contribution is 8.01. The lowest BCUT2D eigenvalue weighted by molar-refractivity contribution is 0.346. The molecule has 1 aromatic carbocycles. The third-order valence-corrected chi connectivity index (χ3v) is 6.23. The molecule has 3 rings (SSSR count). The molecule has 2 nitrogen and oxygen atoms in total. The summed E-state index contributed by atoms with van der Waals surface area (Å²) in [6.45, 7) is 2.29. The highest BCUT2D eigenvalue weighted by Gasteiger charge is 2.30. The second-order valence-electron chi connectivity index (χ2n) is 5.26. The molecule has 1 heterocycles. The SMILES string of the molecule is CC1CCC(C#N)C(Sc2nc3ccccc3s2)C1. The largest absolute Gasteiger partial charge is 0.230 e. The minimum atomic E-state index is 0.188. The molecule has 0 saturated heterocycles. The summed E-state index contributed by atoms with van der Waals surface area (Å²) in [7, 11) is 0. The second-order valence-corrected chi connectivity index (χ2v) is 7.77. The molecule has 1 aliphatic rings. The van der Waals surface area contributed by atoms with Crippen LogP contribution in [-0.4, -0.2) is 10.2 Å². The maximum absolute atomic E-state index is 9.29. The highest BCUT2D eigenvalue weighted by Crippen LogP contribution is 2.41. The van der Waals surface area contributed by atoms with Gasteiger partial charge >= 0.3 is 0 Å². The number of hydrogen-bond acceptors (Lipinski definition) is 4. The number of benzene rings is 1. The molecule has 0 spiro atoms. The molecule has 0 N–H and O–H groups in total. The molecule has 3 unspecified atom stereocenters. The Hall–Kier alpha value is -1.05. The predicted octanol–water partition coefficient (Wildman–Crippen LogP) is 4.72. The quantitative estimate of drug-likeness (QED) is 0.802. The first kappa shape index (κ1) is 13.0. The van der Waals surface area contributed by atoms with Crippen LogP contribution in [0.4, 0.5) is 0 Å². The van der Waals surface area contributed by atoms with Crippen molar-refractivity contribution in [3.05, 3.63) is 24.3 Å². The van der Waals surface area contributed by atoms with Gasteiger partial charge in [0.25, 0.3) is 0 Å². The van der Waals surface area contributed by atoms with Gasteiger partial charge in [-0.3, -0.25) is 0 Å². The molecule has 4 heteroatoms. The third-order valence-electron chi connectivity index (χ3n) is 3.75. The Labute approximate surface area is 121 Å².